The van der Waals surface area contributed by atoms with Crippen molar-refractivity contribution in [2.75, 3.05) is 20.1 Å². The van der Waals surface area contributed by atoms with Crippen molar-refractivity contribution in [2.45, 2.75) is 31.3 Å². The lowest BCUT2D eigenvalue weighted by molar-refractivity contribution is 0.247. The van der Waals surface area contributed by atoms with Crippen LogP contribution < -0.4 is 5.32 Å². The summed E-state index contributed by atoms with van der Waals surface area (Å²) < 4.78 is 0. The van der Waals surface area contributed by atoms with Gasteiger partial charge in [0.2, 0.25) is 0 Å². The van der Waals surface area contributed by atoms with Crippen LogP contribution in [0.4, 0.5) is 0 Å². The van der Waals surface area contributed by atoms with E-state index in [0.717, 1.165) is 12.1 Å². The molecule has 0 saturated carbocycles. The Morgan fingerprint density at radius 3 is 2.67 bits per heavy atom. The minimum atomic E-state index is 0.741. The number of likely N-dealkylation sites (tertiary alicyclic amines) is 1. The third kappa shape index (κ3) is 1.54. The highest BCUT2D eigenvalue weighted by Gasteiger charge is 2.27. The van der Waals surface area contributed by atoms with E-state index in [1.165, 1.54) is 32.4 Å². The Balaban J connectivity index is 1.82. The number of nitrogens with one attached hydrogen (secondary N) is 1. The molecular formula is C10H18N2. The van der Waals surface area contributed by atoms with Crippen LogP contribution in [0, 0.1) is 0 Å². The molecule has 2 aliphatic rings. The lowest BCUT2D eigenvalue weighted by Crippen LogP contribution is -2.35. The van der Waals surface area contributed by atoms with Crippen LogP contribution in [0.25, 0.3) is 0 Å². The number of likely N-dealkylation sites (N-methyl/N-ethyl adjacent to an activating group) is 1. The van der Waals surface area contributed by atoms with E-state index in [0.29, 0.717) is 0 Å². The Labute approximate surface area is 74.6 Å². The first-order valence-corrected chi connectivity index (χ1v) is 4.96. The molecule has 0 aromatic rings. The van der Waals surface area contributed by atoms with Gasteiger partial charge in [-0.3, -0.25) is 4.90 Å². The Hall–Kier alpha value is -0.340. The summed E-state index contributed by atoms with van der Waals surface area (Å²) in [4.78, 5) is 2.63. The first-order chi connectivity index (χ1) is 5.90. The molecule has 1 aliphatic carbocycles. The molecule has 68 valence electrons. The molecule has 1 N–H and O–H groups in total. The molecule has 1 fully saturated rings. The maximum absolute atomic E-state index is 3.36. The van der Waals surface area contributed by atoms with Crippen molar-refractivity contribution in [1.82, 2.24) is 10.2 Å². The van der Waals surface area contributed by atoms with Gasteiger partial charge in [-0.25, -0.2) is 0 Å². The van der Waals surface area contributed by atoms with Gasteiger partial charge in [-0.2, -0.15) is 0 Å². The molecule has 0 radical (unpaired) electrons. The van der Waals surface area contributed by atoms with E-state index in [2.05, 4.69) is 29.4 Å². The van der Waals surface area contributed by atoms with Crippen molar-refractivity contribution in [3.8, 4) is 0 Å². The molecule has 0 bridgehead atoms. The van der Waals surface area contributed by atoms with Gasteiger partial charge in [0, 0.05) is 25.2 Å². The standard InChI is InChI=1S/C10H18N2/c1-11-9-6-7-12(8-9)10-4-2-3-5-10/h2-3,9-11H,4-8H2,1H3. The monoisotopic (exact) mass is 166 g/mol. The quantitative estimate of drug-likeness (QED) is 0.616. The van der Waals surface area contributed by atoms with Crippen LogP contribution in [0.2, 0.25) is 0 Å². The van der Waals surface area contributed by atoms with E-state index in [1.54, 1.807) is 0 Å². The highest BCUT2D eigenvalue weighted by Crippen LogP contribution is 2.21. The fourth-order valence-electron chi connectivity index (χ4n) is 2.26. The molecule has 2 heteroatoms. The predicted molar refractivity (Wildman–Crippen MR) is 51.2 cm³/mol. The predicted octanol–water partition coefficient (Wildman–Crippen LogP) is 0.999. The van der Waals surface area contributed by atoms with Crippen LogP contribution in [0.3, 0.4) is 0 Å². The molecule has 0 amide bonds. The second-order valence-electron chi connectivity index (χ2n) is 3.87. The molecule has 2 rings (SSSR count). The van der Waals surface area contributed by atoms with Crippen LogP contribution >= 0.6 is 0 Å². The Morgan fingerprint density at radius 2 is 2.08 bits per heavy atom. The van der Waals surface area contributed by atoms with Crippen LogP contribution in [-0.4, -0.2) is 37.1 Å². The summed E-state index contributed by atoms with van der Waals surface area (Å²) in [5.41, 5.74) is 0. The summed E-state index contributed by atoms with van der Waals surface area (Å²) in [5, 5.41) is 3.36. The van der Waals surface area contributed by atoms with Gasteiger partial charge in [-0.05, 0) is 26.3 Å². The highest BCUT2D eigenvalue weighted by molar-refractivity contribution is 5.00. The van der Waals surface area contributed by atoms with Gasteiger partial charge in [0.15, 0.2) is 0 Å². The maximum Gasteiger partial charge on any atom is 0.0204 e. The summed E-state index contributed by atoms with van der Waals surface area (Å²) in [6, 6.07) is 1.56. The summed E-state index contributed by atoms with van der Waals surface area (Å²) in [5.74, 6) is 0. The number of nitrogens with zero attached hydrogens (tertiary/aromatic N) is 1. The smallest absolute Gasteiger partial charge is 0.0204 e. The first-order valence-electron chi connectivity index (χ1n) is 4.96. The highest BCUT2D eigenvalue weighted by atomic mass is 15.2. The van der Waals surface area contributed by atoms with Crippen LogP contribution in [0.1, 0.15) is 19.3 Å². The molecular weight excluding hydrogens is 148 g/mol. The average Bonchev–Trinajstić information content (AvgIpc) is 2.75. The Morgan fingerprint density at radius 1 is 1.33 bits per heavy atom. The summed E-state index contributed by atoms with van der Waals surface area (Å²) in [6.07, 6.45) is 8.51. The minimum absolute atomic E-state index is 0.741. The molecule has 0 spiro atoms. The first kappa shape index (κ1) is 8.27. The van der Waals surface area contributed by atoms with Gasteiger partial charge >= 0.3 is 0 Å². The van der Waals surface area contributed by atoms with Crippen LogP contribution in [0.15, 0.2) is 12.2 Å². The molecule has 1 atom stereocenters. The third-order valence-electron chi connectivity index (χ3n) is 3.13. The molecule has 1 unspecified atom stereocenters. The Kier molecular flexibility index (Phi) is 2.47. The molecule has 2 nitrogen and oxygen atoms in total. The van der Waals surface area contributed by atoms with E-state index in [-0.39, 0.29) is 0 Å². The lowest BCUT2D eigenvalue weighted by Gasteiger charge is -2.23. The molecule has 12 heavy (non-hydrogen) atoms. The number of rotatable bonds is 2. The minimum Gasteiger partial charge on any atom is -0.316 e. The fourth-order valence-corrected chi connectivity index (χ4v) is 2.26. The molecule has 0 aromatic carbocycles. The topological polar surface area (TPSA) is 15.3 Å². The SMILES string of the molecule is CNC1CCN(C2CC=CC2)C1. The van der Waals surface area contributed by atoms with Crippen molar-refractivity contribution < 1.29 is 0 Å². The van der Waals surface area contributed by atoms with Gasteiger partial charge in [0.1, 0.15) is 0 Å². The van der Waals surface area contributed by atoms with Crippen LogP contribution in [-0.2, 0) is 0 Å². The van der Waals surface area contributed by atoms with Crippen molar-refractivity contribution in [3.63, 3.8) is 0 Å². The largest absolute Gasteiger partial charge is 0.316 e. The maximum atomic E-state index is 3.36. The number of hydrogen-bond donors (Lipinski definition) is 1. The van der Waals surface area contributed by atoms with E-state index in [9.17, 15) is 0 Å². The van der Waals surface area contributed by atoms with Gasteiger partial charge < -0.3 is 5.32 Å². The second kappa shape index (κ2) is 3.58. The molecule has 1 heterocycles. The fraction of sp³-hybridized carbons (Fsp3) is 0.800. The van der Waals surface area contributed by atoms with E-state index in [1.807, 2.05) is 0 Å². The second-order valence-corrected chi connectivity index (χ2v) is 3.87. The Bertz CT molecular complexity index is 169. The van der Waals surface area contributed by atoms with Crippen molar-refractivity contribution in [1.29, 1.82) is 0 Å². The molecule has 0 aromatic heterocycles. The summed E-state index contributed by atoms with van der Waals surface area (Å²) in [7, 11) is 2.07. The molecule has 1 aliphatic heterocycles. The van der Waals surface area contributed by atoms with Gasteiger partial charge in [0.05, 0.1) is 0 Å². The average molecular weight is 166 g/mol. The lowest BCUT2D eigenvalue weighted by atomic mass is 10.2. The third-order valence-corrected chi connectivity index (χ3v) is 3.13. The normalized spacial score (nSPS) is 31.9. The van der Waals surface area contributed by atoms with E-state index < -0.39 is 0 Å². The zero-order chi connectivity index (χ0) is 8.39. The van der Waals surface area contributed by atoms with Crippen molar-refractivity contribution in [3.05, 3.63) is 12.2 Å². The van der Waals surface area contributed by atoms with Gasteiger partial charge in [-0.15, -0.1) is 0 Å². The zero-order valence-corrected chi connectivity index (χ0v) is 7.79. The van der Waals surface area contributed by atoms with Crippen LogP contribution in [0.5, 0.6) is 0 Å². The van der Waals surface area contributed by atoms with E-state index in [4.69, 9.17) is 0 Å². The van der Waals surface area contributed by atoms with E-state index >= 15 is 0 Å². The van der Waals surface area contributed by atoms with Crippen molar-refractivity contribution >= 4 is 0 Å². The summed E-state index contributed by atoms with van der Waals surface area (Å²) >= 11 is 0. The van der Waals surface area contributed by atoms with Gasteiger partial charge in [-0.1, -0.05) is 12.2 Å². The zero-order valence-electron chi connectivity index (χ0n) is 7.79. The number of hydrogen-bond acceptors (Lipinski definition) is 2. The van der Waals surface area contributed by atoms with Crippen molar-refractivity contribution in [2.24, 2.45) is 0 Å². The van der Waals surface area contributed by atoms with Gasteiger partial charge in [0.25, 0.3) is 0 Å². The summed E-state index contributed by atoms with van der Waals surface area (Å²) in [6.45, 7) is 2.54. The molecule has 1 saturated heterocycles.